The standard InChI is InChI=1S/C20H18ClN3O3S2/c1-12-10-15(8-9-16(12)21)27-13(2)18(26)22-19-23-24-20(29-19)28-11-17(25)14-6-4-3-5-7-14/h3-10,13H,11H2,1-2H3,(H,22,23,26). The van der Waals surface area contributed by atoms with Gasteiger partial charge in [0, 0.05) is 10.6 Å². The van der Waals surface area contributed by atoms with Crippen LogP contribution in [0, 0.1) is 6.92 Å². The Morgan fingerprint density at radius 2 is 1.97 bits per heavy atom. The second-order valence-corrected chi connectivity index (χ2v) is 8.72. The summed E-state index contributed by atoms with van der Waals surface area (Å²) in [5.74, 6) is 0.479. The number of hydrogen-bond acceptors (Lipinski definition) is 7. The van der Waals surface area contributed by atoms with Crippen molar-refractivity contribution in [3.63, 3.8) is 0 Å². The third kappa shape index (κ3) is 6.03. The zero-order valence-electron chi connectivity index (χ0n) is 15.7. The van der Waals surface area contributed by atoms with E-state index in [4.69, 9.17) is 16.3 Å². The van der Waals surface area contributed by atoms with Crippen LogP contribution in [0.2, 0.25) is 5.02 Å². The molecule has 0 fully saturated rings. The molecule has 0 aliphatic carbocycles. The van der Waals surface area contributed by atoms with Crippen LogP contribution in [0.25, 0.3) is 0 Å². The molecule has 150 valence electrons. The van der Waals surface area contributed by atoms with Crippen LogP contribution >= 0.6 is 34.7 Å². The van der Waals surface area contributed by atoms with Gasteiger partial charge in [0.1, 0.15) is 5.75 Å². The lowest BCUT2D eigenvalue weighted by atomic mass is 10.2. The van der Waals surface area contributed by atoms with Crippen LogP contribution in [0.4, 0.5) is 5.13 Å². The number of Topliss-reactive ketones (excluding diaryl/α,β-unsaturated/α-hetero) is 1. The van der Waals surface area contributed by atoms with Gasteiger partial charge in [-0.15, -0.1) is 10.2 Å². The second kappa shape index (κ2) is 9.87. The molecule has 9 heteroatoms. The third-order valence-electron chi connectivity index (χ3n) is 3.87. The van der Waals surface area contributed by atoms with E-state index in [2.05, 4.69) is 15.5 Å². The van der Waals surface area contributed by atoms with Crippen LogP contribution < -0.4 is 10.1 Å². The highest BCUT2D eigenvalue weighted by Crippen LogP contribution is 2.27. The van der Waals surface area contributed by atoms with Crippen molar-refractivity contribution >= 4 is 51.5 Å². The minimum atomic E-state index is -0.727. The Balaban J connectivity index is 1.51. The van der Waals surface area contributed by atoms with Crippen molar-refractivity contribution in [3.05, 3.63) is 64.7 Å². The van der Waals surface area contributed by atoms with Gasteiger partial charge in [-0.2, -0.15) is 0 Å². The van der Waals surface area contributed by atoms with Gasteiger partial charge in [0.05, 0.1) is 5.75 Å². The van der Waals surface area contributed by atoms with Crippen LogP contribution in [0.5, 0.6) is 5.75 Å². The molecule has 1 N–H and O–H groups in total. The Labute approximate surface area is 181 Å². The van der Waals surface area contributed by atoms with Crippen molar-refractivity contribution in [1.82, 2.24) is 10.2 Å². The number of ether oxygens (including phenoxy) is 1. The van der Waals surface area contributed by atoms with E-state index < -0.39 is 6.10 Å². The van der Waals surface area contributed by atoms with Crippen LogP contribution in [0.1, 0.15) is 22.8 Å². The molecule has 6 nitrogen and oxygen atoms in total. The van der Waals surface area contributed by atoms with Crippen LogP contribution in [0.15, 0.2) is 52.9 Å². The molecule has 1 aromatic heterocycles. The van der Waals surface area contributed by atoms with E-state index in [0.29, 0.717) is 25.8 Å². The van der Waals surface area contributed by atoms with Gasteiger partial charge in [-0.05, 0) is 37.6 Å². The zero-order chi connectivity index (χ0) is 20.8. The Kier molecular flexibility index (Phi) is 7.24. The van der Waals surface area contributed by atoms with Crippen LogP contribution in [-0.2, 0) is 4.79 Å². The Morgan fingerprint density at radius 1 is 1.21 bits per heavy atom. The van der Waals surface area contributed by atoms with Gasteiger partial charge in [0.2, 0.25) is 5.13 Å². The van der Waals surface area contributed by atoms with E-state index in [1.165, 1.54) is 23.1 Å². The Morgan fingerprint density at radius 3 is 2.69 bits per heavy atom. The van der Waals surface area contributed by atoms with Gasteiger partial charge in [-0.25, -0.2) is 0 Å². The highest BCUT2D eigenvalue weighted by molar-refractivity contribution is 8.01. The smallest absolute Gasteiger partial charge is 0.266 e. The molecule has 1 heterocycles. The van der Waals surface area contributed by atoms with Gasteiger partial charge < -0.3 is 4.74 Å². The van der Waals surface area contributed by atoms with Gasteiger partial charge in [0.25, 0.3) is 5.91 Å². The fraction of sp³-hybridized carbons (Fsp3) is 0.200. The molecule has 0 saturated carbocycles. The number of carbonyl (C=O) groups excluding carboxylic acids is 2. The van der Waals surface area contributed by atoms with Crippen molar-refractivity contribution in [3.8, 4) is 5.75 Å². The quantitative estimate of drug-likeness (QED) is 0.301. The number of ketones is 1. The molecule has 0 saturated heterocycles. The molecule has 1 atom stereocenters. The second-order valence-electron chi connectivity index (χ2n) is 6.11. The lowest BCUT2D eigenvalue weighted by molar-refractivity contribution is -0.122. The lowest BCUT2D eigenvalue weighted by Crippen LogP contribution is -2.30. The predicted octanol–water partition coefficient (Wildman–Crippen LogP) is 4.88. The average molecular weight is 448 g/mol. The number of anilines is 1. The van der Waals surface area contributed by atoms with E-state index in [-0.39, 0.29) is 17.4 Å². The molecule has 3 rings (SSSR count). The maximum atomic E-state index is 12.3. The van der Waals surface area contributed by atoms with Gasteiger partial charge in [0.15, 0.2) is 16.2 Å². The number of aryl methyl sites for hydroxylation is 1. The number of amides is 1. The van der Waals surface area contributed by atoms with Gasteiger partial charge in [-0.1, -0.05) is 65.0 Å². The highest BCUT2D eigenvalue weighted by Gasteiger charge is 2.18. The summed E-state index contributed by atoms with van der Waals surface area (Å²) in [5, 5.41) is 11.6. The van der Waals surface area contributed by atoms with E-state index in [1.807, 2.05) is 25.1 Å². The summed E-state index contributed by atoms with van der Waals surface area (Å²) in [6, 6.07) is 14.3. The maximum absolute atomic E-state index is 12.3. The first kappa shape index (κ1) is 21.3. The van der Waals surface area contributed by atoms with Crippen molar-refractivity contribution in [1.29, 1.82) is 0 Å². The summed E-state index contributed by atoms with van der Waals surface area (Å²) >= 11 is 8.49. The van der Waals surface area contributed by atoms with E-state index >= 15 is 0 Å². The number of rotatable bonds is 8. The van der Waals surface area contributed by atoms with E-state index in [9.17, 15) is 9.59 Å². The fourth-order valence-electron chi connectivity index (χ4n) is 2.31. The number of benzene rings is 2. The van der Waals surface area contributed by atoms with Gasteiger partial charge >= 0.3 is 0 Å². The monoisotopic (exact) mass is 447 g/mol. The molecule has 1 unspecified atom stereocenters. The van der Waals surface area contributed by atoms with E-state index in [0.717, 1.165) is 5.56 Å². The van der Waals surface area contributed by atoms with Crippen LogP contribution in [-0.4, -0.2) is 33.7 Å². The third-order valence-corrected chi connectivity index (χ3v) is 6.27. The normalized spacial score (nSPS) is 11.7. The molecule has 0 bridgehead atoms. The number of halogens is 1. The van der Waals surface area contributed by atoms with Crippen molar-refractivity contribution in [2.45, 2.75) is 24.3 Å². The number of nitrogens with zero attached hydrogens (tertiary/aromatic N) is 2. The summed E-state index contributed by atoms with van der Waals surface area (Å²) in [5.41, 5.74) is 1.52. The minimum absolute atomic E-state index is 0.0108. The molecule has 0 spiro atoms. The van der Waals surface area contributed by atoms with E-state index in [1.54, 1.807) is 37.3 Å². The number of hydrogen-bond donors (Lipinski definition) is 1. The van der Waals surface area contributed by atoms with Crippen molar-refractivity contribution in [2.75, 3.05) is 11.1 Å². The topological polar surface area (TPSA) is 81.2 Å². The summed E-state index contributed by atoms with van der Waals surface area (Å²) in [6.07, 6.45) is -0.727. The van der Waals surface area contributed by atoms with Gasteiger partial charge in [-0.3, -0.25) is 14.9 Å². The first-order valence-corrected chi connectivity index (χ1v) is 10.9. The fourth-order valence-corrected chi connectivity index (χ4v) is 4.08. The molecular formula is C20H18ClN3O3S2. The first-order valence-electron chi connectivity index (χ1n) is 8.70. The summed E-state index contributed by atoms with van der Waals surface area (Å²) in [7, 11) is 0. The molecule has 2 aromatic carbocycles. The predicted molar refractivity (Wildman–Crippen MR) is 116 cm³/mol. The first-order chi connectivity index (χ1) is 13.9. The highest BCUT2D eigenvalue weighted by atomic mass is 35.5. The van der Waals surface area contributed by atoms with Crippen molar-refractivity contribution < 1.29 is 14.3 Å². The molecule has 0 aliphatic rings. The minimum Gasteiger partial charge on any atom is -0.481 e. The summed E-state index contributed by atoms with van der Waals surface area (Å²) in [6.45, 7) is 3.51. The SMILES string of the molecule is Cc1cc(OC(C)C(=O)Nc2nnc(SCC(=O)c3ccccc3)s2)ccc1Cl. The molecular weight excluding hydrogens is 430 g/mol. The summed E-state index contributed by atoms with van der Waals surface area (Å²) in [4.78, 5) is 24.5. The van der Waals surface area contributed by atoms with Crippen LogP contribution in [0.3, 0.4) is 0 Å². The number of nitrogens with one attached hydrogen (secondary N) is 1. The molecule has 0 radical (unpaired) electrons. The maximum Gasteiger partial charge on any atom is 0.266 e. The largest absolute Gasteiger partial charge is 0.481 e. The number of thioether (sulfide) groups is 1. The molecule has 0 aliphatic heterocycles. The number of aromatic nitrogens is 2. The summed E-state index contributed by atoms with van der Waals surface area (Å²) < 4.78 is 6.26. The Bertz CT molecular complexity index is 1010. The molecule has 3 aromatic rings. The Hall–Kier alpha value is -2.42. The van der Waals surface area contributed by atoms with Crippen molar-refractivity contribution in [2.24, 2.45) is 0 Å². The zero-order valence-corrected chi connectivity index (χ0v) is 18.1. The molecule has 1 amide bonds. The molecule has 29 heavy (non-hydrogen) atoms. The average Bonchev–Trinajstić information content (AvgIpc) is 3.16. The number of carbonyl (C=O) groups is 2. The lowest BCUT2D eigenvalue weighted by Gasteiger charge is -2.14.